The van der Waals surface area contributed by atoms with Crippen molar-refractivity contribution in [1.82, 2.24) is 15.0 Å². The number of hydrogen-bond acceptors (Lipinski definition) is 3. The van der Waals surface area contributed by atoms with Crippen LogP contribution < -0.4 is 0 Å². The molecule has 0 bridgehead atoms. The summed E-state index contributed by atoms with van der Waals surface area (Å²) in [7, 11) is 0. The first-order chi connectivity index (χ1) is 25.2. The van der Waals surface area contributed by atoms with Gasteiger partial charge in [-0.3, -0.25) is 15.0 Å². The van der Waals surface area contributed by atoms with E-state index in [4.69, 9.17) is 15.0 Å². The van der Waals surface area contributed by atoms with Crippen LogP contribution in [0.5, 0.6) is 0 Å². The van der Waals surface area contributed by atoms with Gasteiger partial charge in [-0.05, 0) is 94.6 Å². The summed E-state index contributed by atoms with van der Waals surface area (Å²) < 4.78 is 0. The van der Waals surface area contributed by atoms with E-state index < -0.39 is 0 Å². The molecule has 1 fully saturated rings. The molecule has 0 radical (unpaired) electrons. The largest absolute Gasteiger partial charge is 0.263 e. The number of nitrogens with zero attached hydrogens (tertiary/aromatic N) is 3. The van der Waals surface area contributed by atoms with Crippen LogP contribution in [0.3, 0.4) is 0 Å². The van der Waals surface area contributed by atoms with Crippen molar-refractivity contribution in [2.24, 2.45) is 0 Å². The summed E-state index contributed by atoms with van der Waals surface area (Å²) in [5.41, 5.74) is 15.8. The number of aryl methyl sites for hydroxylation is 1. The molecule has 0 aliphatic heterocycles. The van der Waals surface area contributed by atoms with Crippen LogP contribution in [0.15, 0.2) is 152 Å². The predicted molar refractivity (Wildman–Crippen MR) is 213 cm³/mol. The summed E-state index contributed by atoms with van der Waals surface area (Å²) in [6.07, 6.45) is 10.2. The van der Waals surface area contributed by atoms with Gasteiger partial charge in [-0.2, -0.15) is 0 Å². The van der Waals surface area contributed by atoms with Crippen LogP contribution in [0.4, 0.5) is 0 Å². The monoisotopic (exact) mass is 657 g/mol. The van der Waals surface area contributed by atoms with Gasteiger partial charge in [-0.15, -0.1) is 0 Å². The molecule has 5 aromatic carbocycles. The molecule has 0 N–H and O–H groups in total. The van der Waals surface area contributed by atoms with Crippen LogP contribution in [0.1, 0.15) is 49.4 Å². The first-order valence-electron chi connectivity index (χ1n) is 18.2. The lowest BCUT2D eigenvalue weighted by molar-refractivity contribution is 0.437. The molecule has 1 aliphatic carbocycles. The van der Waals surface area contributed by atoms with Crippen molar-refractivity contribution in [1.29, 1.82) is 0 Å². The molecule has 0 saturated heterocycles. The number of aromatic nitrogens is 3. The van der Waals surface area contributed by atoms with Crippen molar-refractivity contribution in [2.45, 2.75) is 44.9 Å². The first kappa shape index (κ1) is 31.1. The van der Waals surface area contributed by atoms with Gasteiger partial charge in [0.1, 0.15) is 0 Å². The highest BCUT2D eigenvalue weighted by molar-refractivity contribution is 6.08. The normalized spacial score (nSPS) is 13.5. The molecule has 0 unspecified atom stereocenters. The minimum atomic E-state index is 0.460. The highest BCUT2D eigenvalue weighted by Crippen LogP contribution is 2.44. The second kappa shape index (κ2) is 13.4. The Morgan fingerprint density at radius 2 is 0.980 bits per heavy atom. The van der Waals surface area contributed by atoms with E-state index in [-0.39, 0.29) is 0 Å². The van der Waals surface area contributed by atoms with E-state index in [1.807, 2.05) is 12.4 Å². The zero-order chi connectivity index (χ0) is 34.1. The smallest absolute Gasteiger partial charge is 0.0974 e. The summed E-state index contributed by atoms with van der Waals surface area (Å²) in [6.45, 7) is 2.06. The van der Waals surface area contributed by atoms with Crippen molar-refractivity contribution in [3.8, 4) is 55.6 Å². The van der Waals surface area contributed by atoms with Crippen molar-refractivity contribution in [3.05, 3.63) is 163 Å². The molecule has 51 heavy (non-hydrogen) atoms. The topological polar surface area (TPSA) is 38.7 Å². The predicted octanol–water partition coefficient (Wildman–Crippen LogP) is 12.9. The van der Waals surface area contributed by atoms with Crippen molar-refractivity contribution in [2.75, 3.05) is 0 Å². The van der Waals surface area contributed by atoms with Gasteiger partial charge in [0.05, 0.1) is 11.0 Å². The van der Waals surface area contributed by atoms with Crippen LogP contribution in [0.25, 0.3) is 77.4 Å². The Kier molecular flexibility index (Phi) is 8.17. The van der Waals surface area contributed by atoms with Crippen molar-refractivity contribution >= 4 is 21.8 Å². The highest BCUT2D eigenvalue weighted by Gasteiger charge is 2.22. The molecule has 0 atom stereocenters. The average Bonchev–Trinajstić information content (AvgIpc) is 3.21. The van der Waals surface area contributed by atoms with Gasteiger partial charge < -0.3 is 0 Å². The molecule has 1 saturated carbocycles. The molecule has 8 aromatic rings. The maximum Gasteiger partial charge on any atom is 0.0974 e. The van der Waals surface area contributed by atoms with E-state index in [9.17, 15) is 0 Å². The van der Waals surface area contributed by atoms with E-state index in [0.717, 1.165) is 44.2 Å². The van der Waals surface area contributed by atoms with Crippen LogP contribution in [0.2, 0.25) is 0 Å². The van der Waals surface area contributed by atoms with Crippen LogP contribution in [-0.4, -0.2) is 15.0 Å². The third-order valence-corrected chi connectivity index (χ3v) is 10.6. The Morgan fingerprint density at radius 1 is 0.451 bits per heavy atom. The molecule has 3 nitrogen and oxygen atoms in total. The summed E-state index contributed by atoms with van der Waals surface area (Å²) in [5, 5.41) is 2.24. The minimum Gasteiger partial charge on any atom is -0.263 e. The van der Waals surface area contributed by atoms with Gasteiger partial charge in [-0.1, -0.05) is 128 Å². The lowest BCUT2D eigenvalue weighted by Crippen LogP contribution is -2.07. The SMILES string of the molecule is Cc1ccc2ccc3c(-c4cncc(-c5cc(-c6ccccc6)c(-c6ccccc6)cc5-c5ccccc5)c4)cc(C4CCCCC4)nc3c2n1. The minimum absolute atomic E-state index is 0.460. The second-order valence-electron chi connectivity index (χ2n) is 13.9. The zero-order valence-corrected chi connectivity index (χ0v) is 28.9. The van der Waals surface area contributed by atoms with Gasteiger partial charge >= 0.3 is 0 Å². The van der Waals surface area contributed by atoms with Gasteiger partial charge in [0.25, 0.3) is 0 Å². The Labute approximate surface area is 299 Å². The van der Waals surface area contributed by atoms with Gasteiger partial charge in [0, 0.05) is 51.6 Å². The van der Waals surface area contributed by atoms with E-state index in [1.54, 1.807) is 0 Å². The second-order valence-corrected chi connectivity index (χ2v) is 13.9. The maximum absolute atomic E-state index is 5.39. The molecule has 3 heterocycles. The van der Waals surface area contributed by atoms with Gasteiger partial charge in [0.2, 0.25) is 0 Å². The summed E-state index contributed by atoms with van der Waals surface area (Å²) in [4.78, 5) is 15.4. The standard InChI is InChI=1S/C48H39N3/c1-32-22-23-37-24-25-40-45(29-46(36-20-12-5-13-21-36)51-48(40)47(37)50-32)39-26-38(30-49-31-39)44-28-42(34-16-8-3-9-17-34)41(33-14-6-2-7-15-33)27-43(44)35-18-10-4-11-19-35/h2-4,6-11,14-19,22-31,36H,5,12-13,20-21H2,1H3. The molecule has 0 spiro atoms. The fraction of sp³-hybridized carbons (Fsp3) is 0.146. The number of pyridine rings is 3. The van der Waals surface area contributed by atoms with E-state index in [1.165, 1.54) is 76.7 Å². The molecule has 3 aromatic heterocycles. The van der Waals surface area contributed by atoms with E-state index >= 15 is 0 Å². The Bertz CT molecular complexity index is 2500. The van der Waals surface area contributed by atoms with Gasteiger partial charge in [0.15, 0.2) is 0 Å². The molecular formula is C48H39N3. The third-order valence-electron chi connectivity index (χ3n) is 10.6. The highest BCUT2D eigenvalue weighted by atomic mass is 14.8. The third kappa shape index (κ3) is 5.99. The number of hydrogen-bond donors (Lipinski definition) is 0. The quantitative estimate of drug-likeness (QED) is 0.167. The molecular weight excluding hydrogens is 619 g/mol. The Balaban J connectivity index is 1.29. The van der Waals surface area contributed by atoms with Crippen LogP contribution in [-0.2, 0) is 0 Å². The molecule has 246 valence electrons. The summed E-state index contributed by atoms with van der Waals surface area (Å²) >= 11 is 0. The number of benzene rings is 5. The van der Waals surface area contributed by atoms with Crippen molar-refractivity contribution in [3.63, 3.8) is 0 Å². The first-order valence-corrected chi connectivity index (χ1v) is 18.2. The Morgan fingerprint density at radius 3 is 1.57 bits per heavy atom. The Hall–Kier alpha value is -5.93. The number of rotatable bonds is 6. The number of fused-ring (bicyclic) bond motifs is 3. The van der Waals surface area contributed by atoms with E-state index in [0.29, 0.717) is 5.92 Å². The van der Waals surface area contributed by atoms with Gasteiger partial charge in [-0.25, -0.2) is 0 Å². The van der Waals surface area contributed by atoms with Crippen LogP contribution in [0, 0.1) is 6.92 Å². The van der Waals surface area contributed by atoms with E-state index in [2.05, 4.69) is 146 Å². The fourth-order valence-electron chi connectivity index (χ4n) is 7.98. The summed E-state index contributed by atoms with van der Waals surface area (Å²) in [6, 6.07) is 50.3. The zero-order valence-electron chi connectivity index (χ0n) is 28.9. The van der Waals surface area contributed by atoms with Crippen LogP contribution >= 0.6 is 0 Å². The molecule has 0 amide bonds. The molecule has 3 heteroatoms. The fourth-order valence-corrected chi connectivity index (χ4v) is 7.98. The molecule has 1 aliphatic rings. The van der Waals surface area contributed by atoms with Crippen molar-refractivity contribution < 1.29 is 0 Å². The maximum atomic E-state index is 5.39. The lowest BCUT2D eigenvalue weighted by atomic mass is 9.84. The molecule has 9 rings (SSSR count). The summed E-state index contributed by atoms with van der Waals surface area (Å²) in [5.74, 6) is 0.460. The average molecular weight is 658 g/mol. The lowest BCUT2D eigenvalue weighted by Gasteiger charge is -2.23.